The van der Waals surface area contributed by atoms with Gasteiger partial charge in [-0.1, -0.05) is 6.07 Å². The van der Waals surface area contributed by atoms with Gasteiger partial charge < -0.3 is 4.90 Å². The summed E-state index contributed by atoms with van der Waals surface area (Å²) >= 11 is 0. The first-order valence-corrected chi connectivity index (χ1v) is 9.54. The predicted octanol–water partition coefficient (Wildman–Crippen LogP) is 1.29. The highest BCUT2D eigenvalue weighted by atomic mass is 32.2. The van der Waals surface area contributed by atoms with E-state index in [1.807, 2.05) is 6.92 Å². The van der Waals surface area contributed by atoms with Crippen molar-refractivity contribution in [3.8, 4) is 0 Å². The Morgan fingerprint density at radius 2 is 1.80 bits per heavy atom. The van der Waals surface area contributed by atoms with Gasteiger partial charge in [0.05, 0.1) is 17.3 Å². The van der Waals surface area contributed by atoms with E-state index in [2.05, 4.69) is 9.97 Å². The van der Waals surface area contributed by atoms with Gasteiger partial charge in [0.1, 0.15) is 0 Å². The van der Waals surface area contributed by atoms with Gasteiger partial charge in [-0.15, -0.1) is 0 Å². The third kappa shape index (κ3) is 2.52. The summed E-state index contributed by atoms with van der Waals surface area (Å²) in [5, 5.41) is 0.0442. The molecule has 0 aliphatic carbocycles. The van der Waals surface area contributed by atoms with Crippen LogP contribution in [0.2, 0.25) is 0 Å². The van der Waals surface area contributed by atoms with Crippen molar-refractivity contribution in [1.82, 2.24) is 19.2 Å². The van der Waals surface area contributed by atoms with Gasteiger partial charge in [-0.2, -0.15) is 4.31 Å². The number of piperazine rings is 1. The average molecular weight is 358 g/mol. The fourth-order valence-corrected chi connectivity index (χ4v) is 4.85. The molecule has 1 saturated heterocycles. The number of rotatable bonds is 2. The van der Waals surface area contributed by atoms with Crippen molar-refractivity contribution in [2.75, 3.05) is 19.6 Å². The van der Waals surface area contributed by atoms with Gasteiger partial charge in [-0.25, -0.2) is 13.4 Å². The molecule has 2 aromatic rings. The lowest BCUT2D eigenvalue weighted by atomic mass is 10.1. The summed E-state index contributed by atoms with van der Waals surface area (Å²) < 4.78 is 27.3. The molecular formula is C17H18N4O3S. The minimum atomic E-state index is -3.70. The molecule has 4 rings (SSSR count). The minimum absolute atomic E-state index is 0.0442. The molecule has 130 valence electrons. The van der Waals surface area contributed by atoms with E-state index in [9.17, 15) is 13.2 Å². The van der Waals surface area contributed by atoms with E-state index >= 15 is 0 Å². The number of carbonyl (C=O) groups excluding carboxylic acids is 1. The topological polar surface area (TPSA) is 83.5 Å². The standard InChI is InChI=1S/C17H18N4O3S/c1-11-4-3-5-15(18-11)25(23,24)20-8-9-21-14(10-20)16-13(17(21)22)7-6-12(2)19-16/h3-7,14H,8-10H2,1-2H3. The van der Waals surface area contributed by atoms with Crippen LogP contribution < -0.4 is 0 Å². The summed E-state index contributed by atoms with van der Waals surface area (Å²) in [6.07, 6.45) is 0. The number of amides is 1. The number of nitrogens with zero attached hydrogens (tertiary/aromatic N) is 4. The molecule has 1 amide bonds. The number of carbonyl (C=O) groups is 1. The number of fused-ring (bicyclic) bond motifs is 3. The van der Waals surface area contributed by atoms with Gasteiger partial charge in [-0.05, 0) is 38.1 Å². The average Bonchev–Trinajstić information content (AvgIpc) is 2.87. The molecule has 0 spiro atoms. The van der Waals surface area contributed by atoms with E-state index in [-0.39, 0.29) is 30.1 Å². The number of pyridine rings is 2. The van der Waals surface area contributed by atoms with Crippen LogP contribution in [-0.4, -0.2) is 53.1 Å². The molecule has 1 fully saturated rings. The molecular weight excluding hydrogens is 340 g/mol. The van der Waals surface area contributed by atoms with E-state index in [0.29, 0.717) is 23.5 Å². The number of sulfonamides is 1. The van der Waals surface area contributed by atoms with Crippen molar-refractivity contribution >= 4 is 15.9 Å². The Kier molecular flexibility index (Phi) is 3.62. The number of aryl methyl sites for hydroxylation is 2. The molecule has 8 heteroatoms. The number of hydrogen-bond acceptors (Lipinski definition) is 5. The summed E-state index contributed by atoms with van der Waals surface area (Å²) in [6, 6.07) is 8.20. The number of aromatic nitrogens is 2. The van der Waals surface area contributed by atoms with Crippen molar-refractivity contribution in [3.63, 3.8) is 0 Å². The highest BCUT2D eigenvalue weighted by Crippen LogP contribution is 2.36. The fraction of sp³-hybridized carbons (Fsp3) is 0.353. The zero-order chi connectivity index (χ0) is 17.8. The second-order valence-electron chi connectivity index (χ2n) is 6.38. The van der Waals surface area contributed by atoms with Crippen molar-refractivity contribution in [2.45, 2.75) is 24.9 Å². The molecule has 4 heterocycles. The lowest BCUT2D eigenvalue weighted by Gasteiger charge is -2.36. The van der Waals surface area contributed by atoms with Crippen LogP contribution in [0.4, 0.5) is 0 Å². The monoisotopic (exact) mass is 358 g/mol. The molecule has 7 nitrogen and oxygen atoms in total. The van der Waals surface area contributed by atoms with Crippen LogP contribution in [0.1, 0.15) is 33.5 Å². The summed E-state index contributed by atoms with van der Waals surface area (Å²) in [6.45, 7) is 4.43. The third-order valence-electron chi connectivity index (χ3n) is 4.68. The maximum atomic E-state index is 12.9. The molecule has 0 aromatic carbocycles. The van der Waals surface area contributed by atoms with Crippen LogP contribution >= 0.6 is 0 Å². The first-order chi connectivity index (χ1) is 11.9. The quantitative estimate of drug-likeness (QED) is 0.808. The van der Waals surface area contributed by atoms with E-state index in [4.69, 9.17) is 0 Å². The SMILES string of the molecule is Cc1cccc(S(=O)(=O)N2CCN3C(=O)c4ccc(C)nc4C3C2)n1. The summed E-state index contributed by atoms with van der Waals surface area (Å²) in [4.78, 5) is 22.9. The lowest BCUT2D eigenvalue weighted by molar-refractivity contribution is 0.0625. The first-order valence-electron chi connectivity index (χ1n) is 8.10. The van der Waals surface area contributed by atoms with Crippen LogP contribution in [0.15, 0.2) is 35.4 Å². The number of hydrogen-bond donors (Lipinski definition) is 0. The van der Waals surface area contributed by atoms with Crippen LogP contribution in [0.25, 0.3) is 0 Å². The maximum Gasteiger partial charge on any atom is 0.260 e. The first kappa shape index (κ1) is 16.2. The van der Waals surface area contributed by atoms with Crippen LogP contribution in [0, 0.1) is 13.8 Å². The van der Waals surface area contributed by atoms with Gasteiger partial charge in [0, 0.05) is 31.0 Å². The summed E-state index contributed by atoms with van der Waals surface area (Å²) in [5.74, 6) is -0.0711. The molecule has 2 aromatic heterocycles. The zero-order valence-corrected chi connectivity index (χ0v) is 14.8. The fourth-order valence-electron chi connectivity index (χ4n) is 3.41. The van der Waals surface area contributed by atoms with Crippen molar-refractivity contribution in [3.05, 3.63) is 53.0 Å². The molecule has 0 radical (unpaired) electrons. The van der Waals surface area contributed by atoms with E-state index in [1.54, 1.807) is 36.1 Å². The van der Waals surface area contributed by atoms with Gasteiger partial charge in [0.15, 0.2) is 5.03 Å². The molecule has 0 N–H and O–H groups in total. The van der Waals surface area contributed by atoms with Crippen molar-refractivity contribution in [1.29, 1.82) is 0 Å². The second kappa shape index (κ2) is 5.60. The van der Waals surface area contributed by atoms with Gasteiger partial charge in [0.25, 0.3) is 15.9 Å². The predicted molar refractivity (Wildman–Crippen MR) is 90.5 cm³/mol. The molecule has 0 bridgehead atoms. The van der Waals surface area contributed by atoms with Gasteiger partial charge >= 0.3 is 0 Å². The summed E-state index contributed by atoms with van der Waals surface area (Å²) in [5.41, 5.74) is 2.71. The smallest absolute Gasteiger partial charge is 0.260 e. The lowest BCUT2D eigenvalue weighted by Crippen LogP contribution is -2.49. The molecule has 0 saturated carbocycles. The Morgan fingerprint density at radius 1 is 1.04 bits per heavy atom. The van der Waals surface area contributed by atoms with E-state index < -0.39 is 10.0 Å². The van der Waals surface area contributed by atoms with Crippen molar-refractivity contribution < 1.29 is 13.2 Å². The van der Waals surface area contributed by atoms with Gasteiger partial charge in [-0.3, -0.25) is 9.78 Å². The largest absolute Gasteiger partial charge is 0.327 e. The minimum Gasteiger partial charge on any atom is -0.327 e. The van der Waals surface area contributed by atoms with E-state index in [1.165, 1.54) is 10.4 Å². The third-order valence-corrected chi connectivity index (χ3v) is 6.45. The van der Waals surface area contributed by atoms with Crippen LogP contribution in [0.3, 0.4) is 0 Å². The van der Waals surface area contributed by atoms with Crippen molar-refractivity contribution in [2.24, 2.45) is 0 Å². The maximum absolute atomic E-state index is 12.9. The second-order valence-corrected chi connectivity index (χ2v) is 8.26. The Balaban J connectivity index is 1.69. The Morgan fingerprint density at radius 3 is 2.56 bits per heavy atom. The molecule has 1 atom stereocenters. The molecule has 25 heavy (non-hydrogen) atoms. The van der Waals surface area contributed by atoms with Crippen LogP contribution in [0.5, 0.6) is 0 Å². The molecule has 2 aliphatic heterocycles. The highest BCUT2D eigenvalue weighted by molar-refractivity contribution is 7.89. The van der Waals surface area contributed by atoms with E-state index in [0.717, 1.165) is 5.69 Å². The molecule has 1 unspecified atom stereocenters. The van der Waals surface area contributed by atoms with Crippen LogP contribution in [-0.2, 0) is 10.0 Å². The Labute approximate surface area is 146 Å². The normalized spacial score (nSPS) is 20.5. The van der Waals surface area contributed by atoms with Gasteiger partial charge in [0.2, 0.25) is 0 Å². The Bertz CT molecular complexity index is 974. The molecule has 2 aliphatic rings. The highest BCUT2D eigenvalue weighted by Gasteiger charge is 2.44. The Hall–Kier alpha value is -2.32. The summed E-state index contributed by atoms with van der Waals surface area (Å²) in [7, 11) is -3.70. The zero-order valence-electron chi connectivity index (χ0n) is 14.0.